The standard InChI is InChI=1S/C16H20N2O/c1-11-5-6-14(16(9-11)19-4)13(3)18-15-10-17-8-7-12(15)2/h5-10,13,18H,1-4H3. The lowest BCUT2D eigenvalue weighted by Gasteiger charge is -2.19. The summed E-state index contributed by atoms with van der Waals surface area (Å²) in [5, 5.41) is 3.48. The van der Waals surface area contributed by atoms with E-state index in [-0.39, 0.29) is 6.04 Å². The predicted molar refractivity (Wildman–Crippen MR) is 78.7 cm³/mol. The highest BCUT2D eigenvalue weighted by molar-refractivity contribution is 5.51. The van der Waals surface area contributed by atoms with E-state index >= 15 is 0 Å². The molecule has 0 aliphatic heterocycles. The average Bonchev–Trinajstić information content (AvgIpc) is 2.41. The van der Waals surface area contributed by atoms with Gasteiger partial charge in [-0.1, -0.05) is 12.1 Å². The molecule has 1 aromatic heterocycles. The van der Waals surface area contributed by atoms with Crippen LogP contribution in [-0.4, -0.2) is 12.1 Å². The van der Waals surface area contributed by atoms with Gasteiger partial charge in [-0.3, -0.25) is 4.98 Å². The lowest BCUT2D eigenvalue weighted by Crippen LogP contribution is -2.09. The summed E-state index contributed by atoms with van der Waals surface area (Å²) < 4.78 is 5.46. The minimum atomic E-state index is 0.165. The highest BCUT2D eigenvalue weighted by atomic mass is 16.5. The number of anilines is 1. The minimum absolute atomic E-state index is 0.165. The van der Waals surface area contributed by atoms with Crippen molar-refractivity contribution in [2.24, 2.45) is 0 Å². The first-order chi connectivity index (χ1) is 9.11. The van der Waals surface area contributed by atoms with Gasteiger partial charge >= 0.3 is 0 Å². The summed E-state index contributed by atoms with van der Waals surface area (Å²) in [7, 11) is 1.71. The maximum atomic E-state index is 5.46. The Bertz CT molecular complexity index is 566. The predicted octanol–water partition coefficient (Wildman–Crippen LogP) is 3.88. The highest BCUT2D eigenvalue weighted by Gasteiger charge is 2.12. The van der Waals surface area contributed by atoms with E-state index in [2.05, 4.69) is 49.3 Å². The number of methoxy groups -OCH3 is 1. The molecule has 0 aliphatic rings. The van der Waals surface area contributed by atoms with Crippen LogP contribution >= 0.6 is 0 Å². The number of hydrogen-bond acceptors (Lipinski definition) is 3. The van der Waals surface area contributed by atoms with Crippen molar-refractivity contribution >= 4 is 5.69 Å². The summed E-state index contributed by atoms with van der Waals surface area (Å²) in [5.41, 5.74) is 4.59. The zero-order valence-electron chi connectivity index (χ0n) is 11.9. The number of pyridine rings is 1. The van der Waals surface area contributed by atoms with Crippen molar-refractivity contribution in [2.75, 3.05) is 12.4 Å². The van der Waals surface area contributed by atoms with Crippen LogP contribution < -0.4 is 10.1 Å². The number of rotatable bonds is 4. The van der Waals surface area contributed by atoms with Gasteiger partial charge in [-0.15, -0.1) is 0 Å². The van der Waals surface area contributed by atoms with E-state index < -0.39 is 0 Å². The Morgan fingerprint density at radius 1 is 1.21 bits per heavy atom. The molecule has 3 heteroatoms. The van der Waals surface area contributed by atoms with Gasteiger partial charge in [-0.05, 0) is 44.0 Å². The van der Waals surface area contributed by atoms with Crippen LogP contribution in [0, 0.1) is 13.8 Å². The topological polar surface area (TPSA) is 34.1 Å². The Balaban J connectivity index is 2.25. The Hall–Kier alpha value is -2.03. The first kappa shape index (κ1) is 13.4. The lowest BCUT2D eigenvalue weighted by molar-refractivity contribution is 0.407. The van der Waals surface area contributed by atoms with Gasteiger partial charge in [0, 0.05) is 11.8 Å². The molecule has 0 aliphatic carbocycles. The molecule has 0 radical (unpaired) electrons. The molecule has 1 N–H and O–H groups in total. The molecular weight excluding hydrogens is 236 g/mol. The number of ether oxygens (including phenoxy) is 1. The largest absolute Gasteiger partial charge is 0.496 e. The number of nitrogens with one attached hydrogen (secondary N) is 1. The van der Waals surface area contributed by atoms with Gasteiger partial charge < -0.3 is 10.1 Å². The van der Waals surface area contributed by atoms with Gasteiger partial charge in [0.05, 0.1) is 25.0 Å². The SMILES string of the molecule is COc1cc(C)ccc1C(C)Nc1cnccc1C. The maximum Gasteiger partial charge on any atom is 0.124 e. The smallest absolute Gasteiger partial charge is 0.124 e. The van der Waals surface area contributed by atoms with Crippen LogP contribution in [0.4, 0.5) is 5.69 Å². The third-order valence-electron chi connectivity index (χ3n) is 3.27. The number of hydrogen-bond donors (Lipinski definition) is 1. The molecule has 3 nitrogen and oxygen atoms in total. The van der Waals surface area contributed by atoms with E-state index in [1.54, 1.807) is 13.3 Å². The molecule has 0 spiro atoms. The van der Waals surface area contributed by atoms with Crippen LogP contribution in [0.5, 0.6) is 5.75 Å². The molecule has 1 aromatic carbocycles. The first-order valence-corrected chi connectivity index (χ1v) is 6.43. The third kappa shape index (κ3) is 3.05. The van der Waals surface area contributed by atoms with E-state index in [9.17, 15) is 0 Å². The molecule has 0 saturated carbocycles. The van der Waals surface area contributed by atoms with E-state index in [4.69, 9.17) is 4.74 Å². The Kier molecular flexibility index (Phi) is 4.05. The lowest BCUT2D eigenvalue weighted by atomic mass is 10.0. The minimum Gasteiger partial charge on any atom is -0.496 e. The fourth-order valence-electron chi connectivity index (χ4n) is 2.10. The van der Waals surface area contributed by atoms with Gasteiger partial charge in [0.1, 0.15) is 5.75 Å². The van der Waals surface area contributed by atoms with Crippen molar-refractivity contribution in [1.82, 2.24) is 4.98 Å². The number of nitrogens with zero attached hydrogens (tertiary/aromatic N) is 1. The summed E-state index contributed by atoms with van der Waals surface area (Å²) in [6, 6.07) is 8.44. The quantitative estimate of drug-likeness (QED) is 0.901. The van der Waals surface area contributed by atoms with Gasteiger partial charge in [0.2, 0.25) is 0 Å². The number of aromatic nitrogens is 1. The summed E-state index contributed by atoms with van der Waals surface area (Å²) in [5.74, 6) is 0.918. The van der Waals surface area contributed by atoms with Crippen molar-refractivity contribution in [2.45, 2.75) is 26.8 Å². The van der Waals surface area contributed by atoms with Gasteiger partial charge in [0.15, 0.2) is 0 Å². The second-order valence-corrected chi connectivity index (χ2v) is 4.80. The second-order valence-electron chi connectivity index (χ2n) is 4.80. The summed E-state index contributed by atoms with van der Waals surface area (Å²) in [6.07, 6.45) is 3.66. The maximum absolute atomic E-state index is 5.46. The van der Waals surface area contributed by atoms with Crippen molar-refractivity contribution < 1.29 is 4.74 Å². The van der Waals surface area contributed by atoms with Gasteiger partial charge in [0.25, 0.3) is 0 Å². The molecule has 100 valence electrons. The highest BCUT2D eigenvalue weighted by Crippen LogP contribution is 2.29. The molecule has 1 unspecified atom stereocenters. The fraction of sp³-hybridized carbons (Fsp3) is 0.312. The molecule has 1 atom stereocenters. The Labute approximate surface area is 114 Å². The molecule has 19 heavy (non-hydrogen) atoms. The average molecular weight is 256 g/mol. The van der Waals surface area contributed by atoms with Crippen LogP contribution in [0.1, 0.15) is 29.7 Å². The summed E-state index contributed by atoms with van der Waals surface area (Å²) >= 11 is 0. The first-order valence-electron chi connectivity index (χ1n) is 6.43. The normalized spacial score (nSPS) is 12.0. The van der Waals surface area contributed by atoms with Crippen LogP contribution in [0.2, 0.25) is 0 Å². The molecule has 0 fully saturated rings. The van der Waals surface area contributed by atoms with Crippen LogP contribution in [0.25, 0.3) is 0 Å². The summed E-state index contributed by atoms with van der Waals surface area (Å²) in [6.45, 7) is 6.26. The van der Waals surface area contributed by atoms with Crippen LogP contribution in [-0.2, 0) is 0 Å². The molecule has 0 saturated heterocycles. The monoisotopic (exact) mass is 256 g/mol. The van der Waals surface area contributed by atoms with Crippen molar-refractivity contribution in [3.8, 4) is 5.75 Å². The van der Waals surface area contributed by atoms with E-state index in [1.807, 2.05) is 12.3 Å². The molecule has 2 aromatic rings. The molecule has 0 bridgehead atoms. The van der Waals surface area contributed by atoms with E-state index in [0.29, 0.717) is 0 Å². The second kappa shape index (κ2) is 5.74. The number of aryl methyl sites for hydroxylation is 2. The van der Waals surface area contributed by atoms with Crippen molar-refractivity contribution in [3.63, 3.8) is 0 Å². The van der Waals surface area contributed by atoms with Crippen molar-refractivity contribution in [3.05, 3.63) is 53.3 Å². The molecule has 2 rings (SSSR count). The van der Waals surface area contributed by atoms with E-state index in [1.165, 1.54) is 11.1 Å². The molecular formula is C16H20N2O. The van der Waals surface area contributed by atoms with Crippen LogP contribution in [0.15, 0.2) is 36.7 Å². The molecule has 1 heterocycles. The van der Waals surface area contributed by atoms with Gasteiger partial charge in [-0.25, -0.2) is 0 Å². The fourth-order valence-corrected chi connectivity index (χ4v) is 2.10. The Morgan fingerprint density at radius 2 is 2.00 bits per heavy atom. The van der Waals surface area contributed by atoms with Crippen LogP contribution in [0.3, 0.4) is 0 Å². The third-order valence-corrected chi connectivity index (χ3v) is 3.27. The zero-order chi connectivity index (χ0) is 13.8. The van der Waals surface area contributed by atoms with E-state index in [0.717, 1.165) is 17.0 Å². The van der Waals surface area contributed by atoms with Crippen molar-refractivity contribution in [1.29, 1.82) is 0 Å². The summed E-state index contributed by atoms with van der Waals surface area (Å²) in [4.78, 5) is 4.16. The zero-order valence-corrected chi connectivity index (χ0v) is 11.9. The van der Waals surface area contributed by atoms with Gasteiger partial charge in [-0.2, -0.15) is 0 Å². The molecule has 0 amide bonds. The Morgan fingerprint density at radius 3 is 2.68 bits per heavy atom. The number of benzene rings is 1.